The van der Waals surface area contributed by atoms with Gasteiger partial charge in [-0.1, -0.05) is 72.6 Å². The monoisotopic (exact) mass is 345 g/mol. The van der Waals surface area contributed by atoms with E-state index in [1.807, 2.05) is 0 Å². The van der Waals surface area contributed by atoms with Crippen LogP contribution in [0.4, 0.5) is 0 Å². The zero-order valence-electron chi connectivity index (χ0n) is 13.8. The number of unbranched alkanes of at least 4 members (excludes halogenated alkanes) is 4. The van der Waals surface area contributed by atoms with Crippen LogP contribution in [0.3, 0.4) is 0 Å². The van der Waals surface area contributed by atoms with E-state index in [1.165, 1.54) is 51.4 Å². The molecular weight excluding hydrogens is 311 g/mol. The first-order valence-corrected chi connectivity index (χ1v) is 9.05. The van der Waals surface area contributed by atoms with Gasteiger partial charge in [0, 0.05) is 0 Å². The zero-order chi connectivity index (χ0) is 14.5. The standard InChI is InChI=1S/C16H34O2P.Fe/c1-5-8-10-11-12-14(4)16(18-19-17)15(7-3)13-9-6-2;/h14-16,19H,5-13H2,1-4H3;/q+1;+3. The molecule has 2 nitrogen and oxygen atoms in total. The quantitative estimate of drug-likeness (QED) is 0.228. The van der Waals surface area contributed by atoms with Crippen LogP contribution in [-0.4, -0.2) is 6.10 Å². The van der Waals surface area contributed by atoms with Crippen LogP contribution in [0.15, 0.2) is 0 Å². The van der Waals surface area contributed by atoms with Gasteiger partial charge in [0.05, 0.1) is 0 Å². The minimum Gasteiger partial charge on any atom is -0.144 e. The van der Waals surface area contributed by atoms with Gasteiger partial charge >= 0.3 is 25.8 Å². The Morgan fingerprint density at radius 1 is 0.950 bits per heavy atom. The smallest absolute Gasteiger partial charge is 0.144 e. The molecule has 20 heavy (non-hydrogen) atoms. The Morgan fingerprint density at radius 2 is 1.60 bits per heavy atom. The molecule has 0 heterocycles. The van der Waals surface area contributed by atoms with Crippen molar-refractivity contribution in [3.63, 3.8) is 0 Å². The van der Waals surface area contributed by atoms with Crippen molar-refractivity contribution in [2.24, 2.45) is 11.8 Å². The van der Waals surface area contributed by atoms with Gasteiger partial charge in [-0.3, -0.25) is 0 Å². The Kier molecular flexibility index (Phi) is 18.2. The summed E-state index contributed by atoms with van der Waals surface area (Å²) in [6, 6.07) is 0. The molecule has 119 valence electrons. The van der Waals surface area contributed by atoms with Crippen LogP contribution < -0.4 is 0 Å². The van der Waals surface area contributed by atoms with E-state index in [4.69, 9.17) is 4.52 Å². The van der Waals surface area contributed by atoms with Crippen LogP contribution in [0.5, 0.6) is 0 Å². The van der Waals surface area contributed by atoms with E-state index in [0.717, 1.165) is 6.42 Å². The Hall–Kier alpha value is 0.579. The first kappa shape index (κ1) is 22.9. The second kappa shape index (κ2) is 16.0. The van der Waals surface area contributed by atoms with Gasteiger partial charge in [-0.25, -0.2) is 0 Å². The summed E-state index contributed by atoms with van der Waals surface area (Å²) in [6.07, 6.45) is 11.4. The third kappa shape index (κ3) is 10.3. The molecule has 4 unspecified atom stereocenters. The van der Waals surface area contributed by atoms with Gasteiger partial charge in [0.2, 0.25) is 0 Å². The molecule has 4 atom stereocenters. The van der Waals surface area contributed by atoms with Crippen LogP contribution in [0.1, 0.15) is 85.5 Å². The topological polar surface area (TPSA) is 26.3 Å². The van der Waals surface area contributed by atoms with Crippen molar-refractivity contribution in [2.75, 3.05) is 0 Å². The fraction of sp³-hybridized carbons (Fsp3) is 1.00. The largest absolute Gasteiger partial charge is 3.00 e. The van der Waals surface area contributed by atoms with Gasteiger partial charge in [-0.15, -0.1) is 4.52 Å². The van der Waals surface area contributed by atoms with Crippen molar-refractivity contribution in [2.45, 2.75) is 91.6 Å². The number of hydrogen-bond acceptors (Lipinski definition) is 2. The maximum Gasteiger partial charge on any atom is 3.00 e. The van der Waals surface area contributed by atoms with E-state index in [2.05, 4.69) is 27.7 Å². The summed E-state index contributed by atoms with van der Waals surface area (Å²) in [7, 11) is -0.613. The third-order valence-corrected chi connectivity index (χ3v) is 4.54. The van der Waals surface area contributed by atoms with E-state index >= 15 is 0 Å². The molecule has 0 N–H and O–H groups in total. The molecule has 4 heteroatoms. The minimum absolute atomic E-state index is 0. The van der Waals surface area contributed by atoms with Crippen molar-refractivity contribution < 1.29 is 26.2 Å². The summed E-state index contributed by atoms with van der Waals surface area (Å²) >= 11 is 0. The van der Waals surface area contributed by atoms with Crippen LogP contribution in [-0.2, 0) is 26.2 Å². The summed E-state index contributed by atoms with van der Waals surface area (Å²) in [5.41, 5.74) is 0. The molecule has 0 saturated heterocycles. The molecule has 0 aromatic rings. The third-order valence-electron chi connectivity index (χ3n) is 4.18. The fourth-order valence-electron chi connectivity index (χ4n) is 2.86. The fourth-order valence-corrected chi connectivity index (χ4v) is 3.39. The Labute approximate surface area is 138 Å². The first-order valence-electron chi connectivity index (χ1n) is 8.23. The molecule has 0 aromatic carbocycles. The minimum atomic E-state index is -0.613. The molecule has 0 saturated carbocycles. The van der Waals surface area contributed by atoms with E-state index in [-0.39, 0.29) is 23.2 Å². The summed E-state index contributed by atoms with van der Waals surface area (Å²) in [5, 5.41) is 0. The van der Waals surface area contributed by atoms with Gasteiger partial charge in [-0.05, 0) is 29.2 Å². The second-order valence-corrected chi connectivity index (χ2v) is 6.21. The predicted molar refractivity (Wildman–Crippen MR) is 85.1 cm³/mol. The molecule has 1 radical (unpaired) electrons. The van der Waals surface area contributed by atoms with Gasteiger partial charge in [0.1, 0.15) is 6.10 Å². The molecule has 0 spiro atoms. The molecule has 0 rings (SSSR count). The van der Waals surface area contributed by atoms with Gasteiger partial charge < -0.3 is 0 Å². The normalized spacial score (nSPS) is 15.6. The Balaban J connectivity index is 0. The Morgan fingerprint density at radius 3 is 2.10 bits per heavy atom. The molecule has 0 aliphatic carbocycles. The molecule has 0 aliphatic rings. The van der Waals surface area contributed by atoms with Crippen molar-refractivity contribution in [3.05, 3.63) is 0 Å². The molecule has 0 amide bonds. The van der Waals surface area contributed by atoms with Crippen molar-refractivity contribution >= 4 is 8.69 Å². The predicted octanol–water partition coefficient (Wildman–Crippen LogP) is 6.13. The maximum absolute atomic E-state index is 10.9. The van der Waals surface area contributed by atoms with E-state index in [9.17, 15) is 4.57 Å². The summed E-state index contributed by atoms with van der Waals surface area (Å²) in [5.74, 6) is 1.10. The Bertz CT molecular complexity index is 215. The number of hydrogen-bond donors (Lipinski definition) is 0. The summed E-state index contributed by atoms with van der Waals surface area (Å²) in [6.45, 7) is 8.97. The van der Waals surface area contributed by atoms with E-state index < -0.39 is 8.69 Å². The molecule has 0 aromatic heterocycles. The maximum atomic E-state index is 10.9. The average molecular weight is 345 g/mol. The van der Waals surface area contributed by atoms with Crippen LogP contribution in [0.25, 0.3) is 0 Å². The second-order valence-electron chi connectivity index (χ2n) is 5.80. The van der Waals surface area contributed by atoms with Crippen LogP contribution in [0.2, 0.25) is 0 Å². The van der Waals surface area contributed by atoms with Crippen molar-refractivity contribution in [3.8, 4) is 0 Å². The van der Waals surface area contributed by atoms with Crippen LogP contribution in [0, 0.1) is 11.8 Å². The van der Waals surface area contributed by atoms with Crippen LogP contribution >= 0.6 is 8.69 Å². The van der Waals surface area contributed by atoms with E-state index in [1.54, 1.807) is 0 Å². The number of rotatable bonds is 13. The van der Waals surface area contributed by atoms with Gasteiger partial charge in [0.25, 0.3) is 0 Å². The zero-order valence-corrected chi connectivity index (χ0v) is 15.9. The molecule has 0 bridgehead atoms. The van der Waals surface area contributed by atoms with E-state index in [0.29, 0.717) is 11.8 Å². The molecule has 0 aliphatic heterocycles. The summed E-state index contributed by atoms with van der Waals surface area (Å²) in [4.78, 5) is 0. The summed E-state index contributed by atoms with van der Waals surface area (Å²) < 4.78 is 16.5. The SMILES string of the molecule is CCCCCCC(C)C(O[PH+]=O)C(CC)CCCC.[Fe+3]. The average Bonchev–Trinajstić information content (AvgIpc) is 2.43. The van der Waals surface area contributed by atoms with Gasteiger partial charge in [0.15, 0.2) is 0 Å². The van der Waals surface area contributed by atoms with Crippen molar-refractivity contribution in [1.82, 2.24) is 0 Å². The van der Waals surface area contributed by atoms with Gasteiger partial charge in [-0.2, -0.15) is 0 Å². The van der Waals surface area contributed by atoms with Crippen molar-refractivity contribution in [1.29, 1.82) is 0 Å². The molecule has 0 fully saturated rings. The molecular formula is C16H34FeO2P+4. The first-order chi connectivity index (χ1) is 9.21.